The predicted octanol–water partition coefficient (Wildman–Crippen LogP) is 1.61. The molecule has 0 radical (unpaired) electrons. The molecule has 3 heterocycles. The maximum Gasteiger partial charge on any atom is 0.237 e. The number of aromatic nitrogens is 2. The van der Waals surface area contributed by atoms with E-state index in [1.165, 1.54) is 19.3 Å². The average Bonchev–Trinajstić information content (AvgIpc) is 3.14. The molecule has 0 bridgehead atoms. The van der Waals surface area contributed by atoms with Gasteiger partial charge in [0.05, 0.1) is 13.1 Å². The molecule has 24 heavy (non-hydrogen) atoms. The van der Waals surface area contributed by atoms with Crippen LogP contribution in [-0.2, 0) is 11.3 Å². The van der Waals surface area contributed by atoms with E-state index in [0.29, 0.717) is 19.1 Å². The zero-order valence-corrected chi connectivity index (χ0v) is 14.8. The lowest BCUT2D eigenvalue weighted by atomic mass is 9.94. The van der Waals surface area contributed by atoms with Crippen molar-refractivity contribution in [1.82, 2.24) is 25.1 Å². The van der Waals surface area contributed by atoms with Gasteiger partial charge >= 0.3 is 0 Å². The Hall–Kier alpha value is -1.40. The summed E-state index contributed by atoms with van der Waals surface area (Å²) >= 11 is 0. The van der Waals surface area contributed by atoms with Gasteiger partial charge in [0.1, 0.15) is 5.82 Å². The Kier molecular flexibility index (Phi) is 6.26. The Morgan fingerprint density at radius 1 is 1.29 bits per heavy atom. The van der Waals surface area contributed by atoms with Gasteiger partial charge in [-0.3, -0.25) is 9.69 Å². The average molecular weight is 333 g/mol. The molecular formula is C18H31N5O. The summed E-state index contributed by atoms with van der Waals surface area (Å²) in [6.07, 6.45) is 9.38. The van der Waals surface area contributed by atoms with Crippen molar-refractivity contribution in [1.29, 1.82) is 0 Å². The van der Waals surface area contributed by atoms with Crippen LogP contribution in [0.5, 0.6) is 0 Å². The zero-order chi connectivity index (χ0) is 16.8. The third-order valence-electron chi connectivity index (χ3n) is 5.59. The molecule has 0 atom stereocenters. The molecule has 2 saturated heterocycles. The first-order chi connectivity index (χ1) is 11.8. The van der Waals surface area contributed by atoms with E-state index in [2.05, 4.69) is 32.0 Å². The number of nitrogens with one attached hydrogen (secondary N) is 2. The molecule has 0 spiro atoms. The van der Waals surface area contributed by atoms with Crippen molar-refractivity contribution in [2.45, 2.75) is 51.6 Å². The number of piperidine rings is 2. The molecule has 2 fully saturated rings. The maximum absolute atomic E-state index is 13.0. The van der Waals surface area contributed by atoms with Gasteiger partial charge in [-0.15, -0.1) is 0 Å². The van der Waals surface area contributed by atoms with Crippen LogP contribution in [0.25, 0.3) is 0 Å². The van der Waals surface area contributed by atoms with Gasteiger partial charge in [0.25, 0.3) is 0 Å². The number of carbonyl (C=O) groups is 1. The van der Waals surface area contributed by atoms with Crippen LogP contribution in [0.15, 0.2) is 12.4 Å². The second-order valence-corrected chi connectivity index (χ2v) is 7.17. The summed E-state index contributed by atoms with van der Waals surface area (Å²) < 4.78 is 0. The smallest absolute Gasteiger partial charge is 0.237 e. The van der Waals surface area contributed by atoms with E-state index in [9.17, 15) is 4.79 Å². The first-order valence-corrected chi connectivity index (χ1v) is 9.47. The van der Waals surface area contributed by atoms with Crippen LogP contribution >= 0.6 is 0 Å². The maximum atomic E-state index is 13.0. The number of carbonyl (C=O) groups excluding carboxylic acids is 1. The van der Waals surface area contributed by atoms with Crippen molar-refractivity contribution in [3.05, 3.63) is 18.2 Å². The number of rotatable bonds is 6. The third-order valence-corrected chi connectivity index (χ3v) is 5.59. The van der Waals surface area contributed by atoms with Crippen molar-refractivity contribution in [2.75, 3.05) is 32.7 Å². The summed E-state index contributed by atoms with van der Waals surface area (Å²) in [6.45, 7) is 7.54. The van der Waals surface area contributed by atoms with Gasteiger partial charge in [0.15, 0.2) is 0 Å². The fraction of sp³-hybridized carbons (Fsp3) is 0.778. The molecule has 3 rings (SSSR count). The highest BCUT2D eigenvalue weighted by Gasteiger charge is 2.28. The fourth-order valence-electron chi connectivity index (χ4n) is 3.92. The van der Waals surface area contributed by atoms with Crippen LogP contribution in [0, 0.1) is 5.92 Å². The monoisotopic (exact) mass is 333 g/mol. The van der Waals surface area contributed by atoms with E-state index in [1.807, 2.05) is 6.20 Å². The van der Waals surface area contributed by atoms with E-state index in [1.54, 1.807) is 6.20 Å². The van der Waals surface area contributed by atoms with E-state index < -0.39 is 0 Å². The lowest BCUT2D eigenvalue weighted by Crippen LogP contribution is -2.50. The van der Waals surface area contributed by atoms with Crippen LogP contribution in [-0.4, -0.2) is 64.4 Å². The Morgan fingerprint density at radius 3 is 2.67 bits per heavy atom. The Bertz CT molecular complexity index is 490. The van der Waals surface area contributed by atoms with Gasteiger partial charge in [0.2, 0.25) is 5.91 Å². The van der Waals surface area contributed by atoms with Crippen molar-refractivity contribution in [2.24, 2.45) is 5.92 Å². The van der Waals surface area contributed by atoms with Gasteiger partial charge in [-0.1, -0.05) is 13.3 Å². The summed E-state index contributed by atoms with van der Waals surface area (Å²) in [4.78, 5) is 24.9. The minimum atomic E-state index is 0.258. The molecule has 6 heteroatoms. The topological polar surface area (TPSA) is 64.3 Å². The molecule has 6 nitrogen and oxygen atoms in total. The fourth-order valence-corrected chi connectivity index (χ4v) is 3.92. The molecule has 1 amide bonds. The zero-order valence-electron chi connectivity index (χ0n) is 14.8. The minimum Gasteiger partial charge on any atom is -0.347 e. The van der Waals surface area contributed by atoms with E-state index in [-0.39, 0.29) is 5.91 Å². The highest BCUT2D eigenvalue weighted by molar-refractivity contribution is 5.78. The van der Waals surface area contributed by atoms with Gasteiger partial charge in [0, 0.05) is 18.4 Å². The highest BCUT2D eigenvalue weighted by Crippen LogP contribution is 2.21. The second-order valence-electron chi connectivity index (χ2n) is 7.17. The molecule has 2 N–H and O–H groups in total. The van der Waals surface area contributed by atoms with Crippen molar-refractivity contribution in [3.8, 4) is 0 Å². The van der Waals surface area contributed by atoms with Gasteiger partial charge in [-0.05, 0) is 57.8 Å². The first-order valence-electron chi connectivity index (χ1n) is 9.47. The molecule has 2 aliphatic rings. The van der Waals surface area contributed by atoms with Gasteiger partial charge in [-0.2, -0.15) is 0 Å². The van der Waals surface area contributed by atoms with Crippen LogP contribution < -0.4 is 5.32 Å². The second kappa shape index (κ2) is 8.62. The number of H-pyrrole nitrogens is 1. The summed E-state index contributed by atoms with van der Waals surface area (Å²) in [7, 11) is 0. The largest absolute Gasteiger partial charge is 0.347 e. The quantitative estimate of drug-likeness (QED) is 0.830. The molecule has 0 aromatic carbocycles. The summed E-state index contributed by atoms with van der Waals surface area (Å²) in [6, 6.07) is 0.331. The molecule has 134 valence electrons. The lowest BCUT2D eigenvalue weighted by Gasteiger charge is -2.37. The molecule has 1 aromatic rings. The van der Waals surface area contributed by atoms with Crippen LogP contribution in [0.4, 0.5) is 0 Å². The van der Waals surface area contributed by atoms with Crippen LogP contribution in [0.1, 0.15) is 44.9 Å². The molecular weight excluding hydrogens is 302 g/mol. The van der Waals surface area contributed by atoms with Gasteiger partial charge in [-0.25, -0.2) is 4.98 Å². The van der Waals surface area contributed by atoms with E-state index >= 15 is 0 Å². The summed E-state index contributed by atoms with van der Waals surface area (Å²) in [5.74, 6) is 1.99. The molecule has 0 unspecified atom stereocenters. The Balaban J connectivity index is 1.60. The lowest BCUT2D eigenvalue weighted by molar-refractivity contribution is -0.136. The molecule has 0 saturated carbocycles. The normalized spacial score (nSPS) is 21.0. The number of aromatic amines is 1. The van der Waals surface area contributed by atoms with Gasteiger partial charge < -0.3 is 15.2 Å². The van der Waals surface area contributed by atoms with Crippen LogP contribution in [0.3, 0.4) is 0 Å². The minimum absolute atomic E-state index is 0.258. The Morgan fingerprint density at radius 2 is 2.04 bits per heavy atom. The molecule has 2 aliphatic heterocycles. The number of hydrogen-bond donors (Lipinski definition) is 2. The van der Waals surface area contributed by atoms with Crippen molar-refractivity contribution in [3.63, 3.8) is 0 Å². The molecule has 1 aromatic heterocycles. The van der Waals surface area contributed by atoms with Crippen molar-refractivity contribution >= 4 is 5.91 Å². The number of nitrogens with zero attached hydrogens (tertiary/aromatic N) is 3. The van der Waals surface area contributed by atoms with Crippen molar-refractivity contribution < 1.29 is 4.79 Å². The summed E-state index contributed by atoms with van der Waals surface area (Å²) in [5.41, 5.74) is 0. The number of imidazole rings is 1. The Labute approximate surface area is 145 Å². The SMILES string of the molecule is CCC1CCN(CC(=O)N(Cc2ncc[nH]2)C2CCNCC2)CC1. The number of hydrogen-bond acceptors (Lipinski definition) is 4. The standard InChI is InChI=1S/C18H31N5O/c1-2-15-5-11-22(12-6-15)14-18(24)23(13-17-20-9-10-21-17)16-3-7-19-8-4-16/h9-10,15-16,19H,2-8,11-14H2,1H3,(H,20,21). The highest BCUT2D eigenvalue weighted by atomic mass is 16.2. The van der Waals surface area contributed by atoms with Crippen LogP contribution in [0.2, 0.25) is 0 Å². The number of likely N-dealkylation sites (tertiary alicyclic amines) is 1. The molecule has 0 aliphatic carbocycles. The van der Waals surface area contributed by atoms with E-state index in [0.717, 1.165) is 50.8 Å². The predicted molar refractivity (Wildman–Crippen MR) is 94.5 cm³/mol. The summed E-state index contributed by atoms with van der Waals surface area (Å²) in [5, 5.41) is 3.39. The first kappa shape index (κ1) is 17.4. The number of amides is 1. The van der Waals surface area contributed by atoms with E-state index in [4.69, 9.17) is 0 Å². The third kappa shape index (κ3) is 4.57.